The minimum Gasteiger partial charge on any atom is -0.349 e. The number of aromatic amines is 1. The lowest BCUT2D eigenvalue weighted by molar-refractivity contribution is 0.0936. The first-order valence-corrected chi connectivity index (χ1v) is 6.65. The lowest BCUT2D eigenvalue weighted by Gasteiger charge is -2.17. The molecule has 1 aliphatic carbocycles. The maximum atomic E-state index is 12.2. The zero-order chi connectivity index (χ0) is 13.5. The number of carbonyl (C=O) groups is 1. The zero-order valence-corrected chi connectivity index (χ0v) is 11.2. The smallest absolute Gasteiger partial charge is 0.251 e. The molecule has 1 aromatic heterocycles. The summed E-state index contributed by atoms with van der Waals surface area (Å²) in [6.45, 7) is 4.50. The van der Waals surface area contributed by atoms with Crippen LogP contribution in [0.2, 0.25) is 0 Å². The third-order valence-electron chi connectivity index (χ3n) is 3.88. The number of H-pyrrole nitrogens is 1. The molecule has 1 saturated carbocycles. The first kappa shape index (κ1) is 12.1. The number of hydrogen-bond donors (Lipinski definition) is 2. The Labute approximate surface area is 111 Å². The molecule has 100 valence electrons. The molecular formula is C14H18N4O. The summed E-state index contributed by atoms with van der Waals surface area (Å²) in [4.78, 5) is 12.2. The van der Waals surface area contributed by atoms with E-state index in [0.29, 0.717) is 11.0 Å². The molecule has 5 nitrogen and oxygen atoms in total. The Morgan fingerprint density at radius 3 is 2.89 bits per heavy atom. The second-order valence-electron chi connectivity index (χ2n) is 6.10. The van der Waals surface area contributed by atoms with Gasteiger partial charge in [0.1, 0.15) is 11.0 Å². The fraction of sp³-hybridized carbons (Fsp3) is 0.500. The van der Waals surface area contributed by atoms with Crippen molar-refractivity contribution in [1.82, 2.24) is 20.7 Å². The van der Waals surface area contributed by atoms with Crippen molar-refractivity contribution in [2.75, 3.05) is 0 Å². The van der Waals surface area contributed by atoms with Crippen molar-refractivity contribution in [3.63, 3.8) is 0 Å². The Hall–Kier alpha value is -1.91. The summed E-state index contributed by atoms with van der Waals surface area (Å²) in [7, 11) is 0. The van der Waals surface area contributed by atoms with Crippen LogP contribution in [0.4, 0.5) is 0 Å². The Morgan fingerprint density at radius 2 is 2.16 bits per heavy atom. The van der Waals surface area contributed by atoms with Gasteiger partial charge in [-0.3, -0.25) is 4.79 Å². The number of benzene rings is 1. The molecule has 1 atom stereocenters. The fourth-order valence-electron chi connectivity index (χ4n) is 2.81. The summed E-state index contributed by atoms with van der Waals surface area (Å²) in [6, 6.07) is 5.66. The van der Waals surface area contributed by atoms with E-state index < -0.39 is 0 Å². The molecule has 0 radical (unpaired) electrons. The standard InChI is InChI=1S/C14H18N4O/c1-14(2)6-5-10(8-14)15-13(19)9-3-4-11-12(7-9)17-18-16-11/h3-4,7,10H,5-6,8H2,1-2H3,(H,15,19)(H,16,17,18). The third-order valence-corrected chi connectivity index (χ3v) is 3.88. The van der Waals surface area contributed by atoms with Gasteiger partial charge in [0.15, 0.2) is 0 Å². The van der Waals surface area contributed by atoms with E-state index in [9.17, 15) is 4.79 Å². The molecule has 3 rings (SSSR count). The number of amides is 1. The first-order chi connectivity index (χ1) is 9.03. The molecule has 1 unspecified atom stereocenters. The van der Waals surface area contributed by atoms with Gasteiger partial charge in [-0.05, 0) is 42.9 Å². The average Bonchev–Trinajstić information content (AvgIpc) is 2.94. The molecule has 2 aromatic rings. The quantitative estimate of drug-likeness (QED) is 0.868. The summed E-state index contributed by atoms with van der Waals surface area (Å²) in [6.07, 6.45) is 3.27. The van der Waals surface area contributed by atoms with Crippen LogP contribution in [0.5, 0.6) is 0 Å². The summed E-state index contributed by atoms with van der Waals surface area (Å²) >= 11 is 0. The number of nitrogens with one attached hydrogen (secondary N) is 2. The van der Waals surface area contributed by atoms with Gasteiger partial charge in [-0.1, -0.05) is 13.8 Å². The number of rotatable bonds is 2. The summed E-state index contributed by atoms with van der Waals surface area (Å²) < 4.78 is 0. The number of hydrogen-bond acceptors (Lipinski definition) is 3. The Morgan fingerprint density at radius 1 is 1.37 bits per heavy atom. The minimum absolute atomic E-state index is 0.0207. The summed E-state index contributed by atoms with van der Waals surface area (Å²) in [5.41, 5.74) is 2.48. The van der Waals surface area contributed by atoms with Gasteiger partial charge in [0.05, 0.1) is 0 Å². The number of nitrogens with zero attached hydrogens (tertiary/aromatic N) is 2. The minimum atomic E-state index is -0.0207. The van der Waals surface area contributed by atoms with Crippen LogP contribution in [-0.4, -0.2) is 27.4 Å². The van der Waals surface area contributed by atoms with Gasteiger partial charge in [0.25, 0.3) is 5.91 Å². The summed E-state index contributed by atoms with van der Waals surface area (Å²) in [5.74, 6) is -0.0207. The van der Waals surface area contributed by atoms with E-state index in [-0.39, 0.29) is 11.9 Å². The van der Waals surface area contributed by atoms with Crippen LogP contribution < -0.4 is 5.32 Å². The Balaban J connectivity index is 1.73. The van der Waals surface area contributed by atoms with Crippen molar-refractivity contribution in [2.45, 2.75) is 39.2 Å². The normalized spacial score (nSPS) is 21.7. The first-order valence-electron chi connectivity index (χ1n) is 6.65. The van der Waals surface area contributed by atoms with Gasteiger partial charge in [-0.2, -0.15) is 15.4 Å². The van der Waals surface area contributed by atoms with Gasteiger partial charge in [-0.25, -0.2) is 0 Å². The average molecular weight is 258 g/mol. The highest BCUT2D eigenvalue weighted by Gasteiger charge is 2.31. The van der Waals surface area contributed by atoms with Crippen molar-refractivity contribution in [1.29, 1.82) is 0 Å². The maximum absolute atomic E-state index is 12.2. The van der Waals surface area contributed by atoms with Crippen molar-refractivity contribution in [3.05, 3.63) is 23.8 Å². The highest BCUT2D eigenvalue weighted by molar-refractivity contribution is 5.97. The summed E-state index contributed by atoms with van der Waals surface area (Å²) in [5, 5.41) is 13.6. The van der Waals surface area contributed by atoms with Crippen LogP contribution in [0.15, 0.2) is 18.2 Å². The van der Waals surface area contributed by atoms with Crippen LogP contribution in [0.25, 0.3) is 11.0 Å². The highest BCUT2D eigenvalue weighted by Crippen LogP contribution is 2.36. The van der Waals surface area contributed by atoms with Crippen LogP contribution in [0, 0.1) is 5.41 Å². The molecule has 1 fully saturated rings. The third kappa shape index (κ3) is 2.45. The van der Waals surface area contributed by atoms with Crippen molar-refractivity contribution in [2.24, 2.45) is 5.41 Å². The fourth-order valence-corrected chi connectivity index (χ4v) is 2.81. The van der Waals surface area contributed by atoms with E-state index in [2.05, 4.69) is 34.6 Å². The Bertz CT molecular complexity index is 617. The molecule has 0 aliphatic heterocycles. The largest absolute Gasteiger partial charge is 0.349 e. The van der Waals surface area contributed by atoms with Crippen molar-refractivity contribution in [3.8, 4) is 0 Å². The molecule has 1 aromatic carbocycles. The van der Waals surface area contributed by atoms with Gasteiger partial charge < -0.3 is 5.32 Å². The van der Waals surface area contributed by atoms with Crippen LogP contribution in [0.1, 0.15) is 43.5 Å². The predicted octanol–water partition coefficient (Wildman–Crippen LogP) is 2.27. The molecular weight excluding hydrogens is 240 g/mol. The van der Waals surface area contributed by atoms with E-state index in [1.165, 1.54) is 6.42 Å². The maximum Gasteiger partial charge on any atom is 0.251 e. The number of carbonyl (C=O) groups excluding carboxylic acids is 1. The second kappa shape index (κ2) is 4.33. The van der Waals surface area contributed by atoms with Crippen LogP contribution in [0.3, 0.4) is 0 Å². The monoisotopic (exact) mass is 258 g/mol. The zero-order valence-electron chi connectivity index (χ0n) is 11.2. The number of fused-ring (bicyclic) bond motifs is 1. The van der Waals surface area contributed by atoms with E-state index >= 15 is 0 Å². The molecule has 1 heterocycles. The molecule has 2 N–H and O–H groups in total. The van der Waals surface area contributed by atoms with E-state index in [1.807, 2.05) is 6.07 Å². The van der Waals surface area contributed by atoms with Crippen molar-refractivity contribution >= 4 is 16.9 Å². The molecule has 0 spiro atoms. The van der Waals surface area contributed by atoms with E-state index in [1.54, 1.807) is 12.1 Å². The van der Waals surface area contributed by atoms with Gasteiger partial charge in [0, 0.05) is 11.6 Å². The molecule has 19 heavy (non-hydrogen) atoms. The van der Waals surface area contributed by atoms with E-state index in [0.717, 1.165) is 23.9 Å². The SMILES string of the molecule is CC1(C)CCC(NC(=O)c2ccc3n[nH]nc3c2)C1. The van der Waals surface area contributed by atoms with E-state index in [4.69, 9.17) is 0 Å². The molecule has 0 bridgehead atoms. The molecule has 0 saturated heterocycles. The highest BCUT2D eigenvalue weighted by atomic mass is 16.1. The van der Waals surface area contributed by atoms with Crippen LogP contribution >= 0.6 is 0 Å². The van der Waals surface area contributed by atoms with Gasteiger partial charge >= 0.3 is 0 Å². The van der Waals surface area contributed by atoms with Gasteiger partial charge in [-0.15, -0.1) is 0 Å². The van der Waals surface area contributed by atoms with Crippen molar-refractivity contribution < 1.29 is 4.79 Å². The predicted molar refractivity (Wildman–Crippen MR) is 72.8 cm³/mol. The van der Waals surface area contributed by atoms with Crippen LogP contribution in [-0.2, 0) is 0 Å². The number of aromatic nitrogens is 3. The second-order valence-corrected chi connectivity index (χ2v) is 6.10. The molecule has 1 aliphatic rings. The lowest BCUT2D eigenvalue weighted by Crippen LogP contribution is -2.33. The molecule has 1 amide bonds. The topological polar surface area (TPSA) is 70.7 Å². The van der Waals surface area contributed by atoms with Gasteiger partial charge in [0.2, 0.25) is 0 Å². The Kier molecular flexibility index (Phi) is 2.77. The molecule has 5 heteroatoms. The lowest BCUT2D eigenvalue weighted by atomic mass is 9.92.